The maximum absolute atomic E-state index is 9.46. The zero-order chi connectivity index (χ0) is 23.3. The first-order valence-electron chi connectivity index (χ1n) is 9.92. The number of nitrogens with two attached hydrogens (primary N) is 2. The molecule has 2 heterocycles. The minimum absolute atomic E-state index is 0.00662. The third kappa shape index (κ3) is 4.58. The first kappa shape index (κ1) is 22.5. The molecule has 1 aliphatic heterocycles. The van der Waals surface area contributed by atoms with Crippen LogP contribution >= 0.6 is 0 Å². The van der Waals surface area contributed by atoms with Gasteiger partial charge >= 0.3 is 0 Å². The highest BCUT2D eigenvalue weighted by molar-refractivity contribution is 5.98. The molecular formula is C21H25N9O2. The number of hydrogen-bond donors (Lipinski definition) is 4. The Balaban J connectivity index is 2.08. The monoisotopic (exact) mass is 435 g/mol. The molecule has 0 aliphatic carbocycles. The van der Waals surface area contributed by atoms with Crippen molar-refractivity contribution in [2.45, 2.75) is 13.0 Å². The number of nitrogens with zero attached hydrogens (tertiary/aromatic N) is 5. The zero-order valence-electron chi connectivity index (χ0n) is 18.1. The molecule has 6 N–H and O–H groups in total. The summed E-state index contributed by atoms with van der Waals surface area (Å²) in [7, 11) is 3.94. The lowest BCUT2D eigenvalue weighted by Crippen LogP contribution is -2.32. The fourth-order valence-electron chi connectivity index (χ4n) is 3.24. The molecule has 1 aromatic heterocycles. The van der Waals surface area contributed by atoms with Crippen molar-refractivity contribution in [1.29, 1.82) is 10.5 Å². The second-order valence-electron chi connectivity index (χ2n) is 7.19. The van der Waals surface area contributed by atoms with E-state index in [1.807, 2.05) is 50.3 Å². The highest BCUT2D eigenvalue weighted by atomic mass is 16.5. The van der Waals surface area contributed by atoms with Crippen LogP contribution in [-0.2, 0) is 0 Å². The van der Waals surface area contributed by atoms with E-state index in [-0.39, 0.29) is 23.0 Å². The van der Waals surface area contributed by atoms with Gasteiger partial charge in [-0.1, -0.05) is 6.07 Å². The van der Waals surface area contributed by atoms with Gasteiger partial charge in [0.25, 0.3) is 0 Å². The molecule has 1 atom stereocenters. The first-order chi connectivity index (χ1) is 15.4. The van der Waals surface area contributed by atoms with Gasteiger partial charge in [0.15, 0.2) is 17.7 Å². The molecular weight excluding hydrogens is 410 g/mol. The maximum atomic E-state index is 9.46. The van der Waals surface area contributed by atoms with Crippen LogP contribution in [-0.4, -0.2) is 49.7 Å². The van der Waals surface area contributed by atoms with Gasteiger partial charge in [-0.05, 0) is 38.7 Å². The number of nitriles is 2. The van der Waals surface area contributed by atoms with E-state index in [0.29, 0.717) is 36.1 Å². The number of ether oxygens (including phenoxy) is 2. The Labute approximate surface area is 186 Å². The summed E-state index contributed by atoms with van der Waals surface area (Å²) in [6.45, 7) is 3.58. The van der Waals surface area contributed by atoms with Crippen LogP contribution in [0.25, 0.3) is 0 Å². The molecule has 0 amide bonds. The summed E-state index contributed by atoms with van der Waals surface area (Å²) in [5.74, 6) is 1.66. The van der Waals surface area contributed by atoms with E-state index >= 15 is 0 Å². The Bertz CT molecular complexity index is 1120. The Morgan fingerprint density at radius 1 is 1.22 bits per heavy atom. The Morgan fingerprint density at radius 2 is 2.00 bits per heavy atom. The Hall–Kier alpha value is -4.22. The SMILES string of the molecule is CCOc1cc(C2N=C(NC#N)Nc3nc(N)c(C#N)c(N)c32)ccc1OCCN(C)C. The number of aromatic nitrogens is 1. The van der Waals surface area contributed by atoms with Gasteiger partial charge in [-0.25, -0.2) is 9.98 Å². The van der Waals surface area contributed by atoms with E-state index in [2.05, 4.69) is 20.6 Å². The predicted octanol–water partition coefficient (Wildman–Crippen LogP) is 1.40. The number of anilines is 3. The average molecular weight is 435 g/mol. The first-order valence-corrected chi connectivity index (χ1v) is 9.92. The van der Waals surface area contributed by atoms with E-state index in [1.165, 1.54) is 0 Å². The van der Waals surface area contributed by atoms with Gasteiger partial charge in [-0.3, -0.25) is 5.32 Å². The number of fused-ring (bicyclic) bond motifs is 1. The van der Waals surface area contributed by atoms with Crippen molar-refractivity contribution in [3.8, 4) is 23.8 Å². The fraction of sp³-hybridized carbons (Fsp3) is 0.333. The van der Waals surface area contributed by atoms with Crippen LogP contribution in [0.15, 0.2) is 23.2 Å². The molecule has 0 saturated heterocycles. The van der Waals surface area contributed by atoms with Crippen molar-refractivity contribution in [3.63, 3.8) is 0 Å². The van der Waals surface area contributed by atoms with Gasteiger partial charge in [-0.15, -0.1) is 0 Å². The molecule has 11 nitrogen and oxygen atoms in total. The lowest BCUT2D eigenvalue weighted by Gasteiger charge is -2.26. The lowest BCUT2D eigenvalue weighted by atomic mass is 9.95. The van der Waals surface area contributed by atoms with Crippen LogP contribution < -0.4 is 31.6 Å². The fourth-order valence-corrected chi connectivity index (χ4v) is 3.24. The minimum atomic E-state index is -0.655. The summed E-state index contributed by atoms with van der Waals surface area (Å²) in [6.07, 6.45) is 1.83. The number of nitrogen functional groups attached to an aromatic ring is 2. The number of rotatable bonds is 7. The summed E-state index contributed by atoms with van der Waals surface area (Å²) in [5, 5.41) is 23.9. The largest absolute Gasteiger partial charge is 0.490 e. The molecule has 0 radical (unpaired) electrons. The number of aliphatic imine (C=N–C) groups is 1. The van der Waals surface area contributed by atoms with Crippen molar-refractivity contribution < 1.29 is 9.47 Å². The van der Waals surface area contributed by atoms with Crippen LogP contribution in [0.1, 0.15) is 29.7 Å². The molecule has 0 fully saturated rings. The lowest BCUT2D eigenvalue weighted by molar-refractivity contribution is 0.243. The van der Waals surface area contributed by atoms with Crippen molar-refractivity contribution in [2.75, 3.05) is 50.6 Å². The molecule has 3 rings (SSSR count). The number of hydrogen-bond acceptors (Lipinski definition) is 11. The van der Waals surface area contributed by atoms with Gasteiger partial charge in [0.2, 0.25) is 5.96 Å². The quantitative estimate of drug-likeness (QED) is 0.368. The summed E-state index contributed by atoms with van der Waals surface area (Å²) >= 11 is 0. The van der Waals surface area contributed by atoms with Gasteiger partial charge in [-0.2, -0.15) is 10.5 Å². The van der Waals surface area contributed by atoms with Crippen LogP contribution in [0.4, 0.5) is 17.3 Å². The van der Waals surface area contributed by atoms with Gasteiger partial charge in [0.1, 0.15) is 35.9 Å². The highest BCUT2D eigenvalue weighted by Crippen LogP contribution is 2.42. The molecule has 1 aliphatic rings. The molecule has 166 valence electrons. The molecule has 1 unspecified atom stereocenters. The predicted molar refractivity (Wildman–Crippen MR) is 121 cm³/mol. The minimum Gasteiger partial charge on any atom is -0.490 e. The highest BCUT2D eigenvalue weighted by Gasteiger charge is 2.30. The number of pyridine rings is 1. The molecule has 0 spiro atoms. The summed E-state index contributed by atoms with van der Waals surface area (Å²) in [6, 6.07) is 6.78. The molecule has 11 heteroatoms. The van der Waals surface area contributed by atoms with Crippen LogP contribution in [0.2, 0.25) is 0 Å². The third-order valence-electron chi connectivity index (χ3n) is 4.74. The van der Waals surface area contributed by atoms with E-state index < -0.39 is 6.04 Å². The number of nitrogens with one attached hydrogen (secondary N) is 2. The molecule has 0 bridgehead atoms. The van der Waals surface area contributed by atoms with E-state index in [4.69, 9.17) is 26.2 Å². The van der Waals surface area contributed by atoms with Crippen molar-refractivity contribution in [3.05, 3.63) is 34.9 Å². The van der Waals surface area contributed by atoms with Crippen LogP contribution in [0.3, 0.4) is 0 Å². The normalized spacial score (nSPS) is 14.4. The van der Waals surface area contributed by atoms with Gasteiger partial charge in [0, 0.05) is 12.1 Å². The van der Waals surface area contributed by atoms with Crippen molar-refractivity contribution >= 4 is 23.3 Å². The summed E-state index contributed by atoms with van der Waals surface area (Å²) < 4.78 is 11.7. The second-order valence-corrected chi connectivity index (χ2v) is 7.19. The van der Waals surface area contributed by atoms with E-state index in [9.17, 15) is 5.26 Å². The summed E-state index contributed by atoms with van der Waals surface area (Å²) in [4.78, 5) is 10.8. The molecule has 32 heavy (non-hydrogen) atoms. The van der Waals surface area contributed by atoms with Gasteiger partial charge < -0.3 is 31.2 Å². The number of likely N-dealkylation sites (N-methyl/N-ethyl adjacent to an activating group) is 1. The van der Waals surface area contributed by atoms with Crippen molar-refractivity contribution in [1.82, 2.24) is 15.2 Å². The zero-order valence-corrected chi connectivity index (χ0v) is 18.1. The molecule has 1 aromatic carbocycles. The maximum Gasteiger partial charge on any atom is 0.211 e. The van der Waals surface area contributed by atoms with Crippen molar-refractivity contribution in [2.24, 2.45) is 4.99 Å². The average Bonchev–Trinajstić information content (AvgIpc) is 2.74. The molecule has 0 saturated carbocycles. The van der Waals surface area contributed by atoms with Gasteiger partial charge in [0.05, 0.1) is 12.3 Å². The van der Waals surface area contributed by atoms with Crippen LogP contribution in [0.5, 0.6) is 11.5 Å². The number of benzene rings is 1. The topological polar surface area (TPSA) is 171 Å². The van der Waals surface area contributed by atoms with Crippen LogP contribution in [0, 0.1) is 22.8 Å². The Kier molecular flexibility index (Phi) is 6.83. The smallest absolute Gasteiger partial charge is 0.211 e. The van der Waals surface area contributed by atoms with E-state index in [0.717, 1.165) is 12.1 Å². The second kappa shape index (κ2) is 9.73. The Morgan fingerprint density at radius 3 is 2.66 bits per heavy atom. The number of guanidine groups is 1. The summed E-state index contributed by atoms with van der Waals surface area (Å²) in [5.41, 5.74) is 13.6. The third-order valence-corrected chi connectivity index (χ3v) is 4.74. The molecule has 2 aromatic rings. The van der Waals surface area contributed by atoms with E-state index in [1.54, 1.807) is 6.07 Å². The standard InChI is InChI=1S/C21H25N9O2/c1-4-31-15-9-12(5-6-14(15)32-8-7-30(2)3)18-16-17(24)13(10-22)19(25)28-20(16)29-21(27-18)26-11-23/h5-6,9,18H,4,7-8H2,1-3H3,(H6,24,25,26,27,28,29).